The lowest BCUT2D eigenvalue weighted by atomic mass is 10.1. The Balaban J connectivity index is 2.59. The van der Waals surface area contributed by atoms with E-state index in [1.165, 1.54) is 12.3 Å². The number of hydrogen-bond donors (Lipinski definition) is 0. The van der Waals surface area contributed by atoms with E-state index in [4.69, 9.17) is 4.42 Å². The van der Waals surface area contributed by atoms with Crippen LogP contribution in [0, 0.1) is 0 Å². The molecule has 0 aliphatic rings. The summed E-state index contributed by atoms with van der Waals surface area (Å²) in [6, 6.07) is 4.60. The van der Waals surface area contributed by atoms with Gasteiger partial charge in [-0.25, -0.2) is 0 Å². The standard InChI is InChI=1S/C8H4O3/c9-6-4-5(8(6)10)7-2-1-3-11-7/h1-4H. The van der Waals surface area contributed by atoms with Crippen LogP contribution in [0.25, 0.3) is 11.3 Å². The topological polar surface area (TPSA) is 47.3 Å². The fourth-order valence-corrected chi connectivity index (χ4v) is 0.932. The minimum Gasteiger partial charge on any atom is -0.464 e. The van der Waals surface area contributed by atoms with Gasteiger partial charge in [-0.3, -0.25) is 9.59 Å². The van der Waals surface area contributed by atoms with Gasteiger partial charge in [0.15, 0.2) is 0 Å². The van der Waals surface area contributed by atoms with E-state index in [-0.39, 0.29) is 0 Å². The lowest BCUT2D eigenvalue weighted by molar-refractivity contribution is 0.581. The molecule has 0 radical (unpaired) electrons. The number of furan rings is 1. The fraction of sp³-hybridized carbons (Fsp3) is 0. The summed E-state index contributed by atoms with van der Waals surface area (Å²) >= 11 is 0. The molecular formula is C8H4O3. The Hall–Kier alpha value is -1.64. The minimum atomic E-state index is -0.458. The highest BCUT2D eigenvalue weighted by Crippen LogP contribution is 2.13. The third-order valence-electron chi connectivity index (χ3n) is 1.53. The van der Waals surface area contributed by atoms with Gasteiger partial charge in [0.25, 0.3) is 0 Å². The van der Waals surface area contributed by atoms with Crippen LogP contribution >= 0.6 is 0 Å². The molecule has 0 saturated carbocycles. The van der Waals surface area contributed by atoms with Gasteiger partial charge in [0.2, 0.25) is 10.9 Å². The predicted octanol–water partition coefficient (Wildman–Crippen LogP) is 0.543. The third-order valence-corrected chi connectivity index (χ3v) is 1.53. The molecule has 0 atom stereocenters. The van der Waals surface area contributed by atoms with Crippen LogP contribution in [0.3, 0.4) is 0 Å². The van der Waals surface area contributed by atoms with Gasteiger partial charge >= 0.3 is 0 Å². The van der Waals surface area contributed by atoms with Crippen LogP contribution in [0.2, 0.25) is 0 Å². The predicted molar refractivity (Wildman–Crippen MR) is 39.1 cm³/mol. The van der Waals surface area contributed by atoms with Crippen molar-refractivity contribution < 1.29 is 4.42 Å². The first kappa shape index (κ1) is 6.09. The van der Waals surface area contributed by atoms with Gasteiger partial charge in [-0.05, 0) is 12.1 Å². The molecule has 1 aromatic carbocycles. The second kappa shape index (κ2) is 1.92. The number of hydrogen-bond acceptors (Lipinski definition) is 3. The van der Waals surface area contributed by atoms with Crippen LogP contribution in [0.5, 0.6) is 0 Å². The zero-order valence-electron chi connectivity index (χ0n) is 5.53. The second-order valence-corrected chi connectivity index (χ2v) is 2.23. The third kappa shape index (κ3) is 0.741. The van der Waals surface area contributed by atoms with Crippen LogP contribution < -0.4 is 10.9 Å². The molecule has 11 heavy (non-hydrogen) atoms. The van der Waals surface area contributed by atoms with Gasteiger partial charge in [-0.15, -0.1) is 0 Å². The van der Waals surface area contributed by atoms with E-state index in [2.05, 4.69) is 0 Å². The lowest BCUT2D eigenvalue weighted by Crippen LogP contribution is -2.30. The Bertz CT molecular complexity index is 430. The molecule has 0 saturated heterocycles. The fourth-order valence-electron chi connectivity index (χ4n) is 0.932. The first-order valence-electron chi connectivity index (χ1n) is 3.13. The largest absolute Gasteiger partial charge is 0.464 e. The molecule has 0 unspecified atom stereocenters. The van der Waals surface area contributed by atoms with Crippen LogP contribution in [-0.2, 0) is 0 Å². The summed E-state index contributed by atoms with van der Waals surface area (Å²) in [6.07, 6.45) is 1.46. The zero-order chi connectivity index (χ0) is 7.84. The molecule has 0 aliphatic carbocycles. The first-order chi connectivity index (χ1) is 5.29. The van der Waals surface area contributed by atoms with Crippen molar-refractivity contribution in [2.45, 2.75) is 0 Å². The SMILES string of the molecule is O=c1cc(-c2ccco2)c1=O. The summed E-state index contributed by atoms with van der Waals surface area (Å²) in [6.45, 7) is 0. The van der Waals surface area contributed by atoms with Crippen LogP contribution in [0.4, 0.5) is 0 Å². The Morgan fingerprint density at radius 2 is 2.09 bits per heavy atom. The maximum Gasteiger partial charge on any atom is 0.236 e. The molecule has 0 bridgehead atoms. The average molecular weight is 148 g/mol. The van der Waals surface area contributed by atoms with E-state index in [1.54, 1.807) is 12.1 Å². The summed E-state index contributed by atoms with van der Waals surface area (Å²) in [4.78, 5) is 21.3. The molecule has 2 aromatic rings. The summed E-state index contributed by atoms with van der Waals surface area (Å²) in [5, 5.41) is 0. The van der Waals surface area contributed by atoms with Gasteiger partial charge in [0.05, 0.1) is 11.8 Å². The Morgan fingerprint density at radius 1 is 1.27 bits per heavy atom. The van der Waals surface area contributed by atoms with E-state index < -0.39 is 10.9 Å². The lowest BCUT2D eigenvalue weighted by Gasteiger charge is -1.93. The maximum atomic E-state index is 10.8. The first-order valence-corrected chi connectivity index (χ1v) is 3.13. The summed E-state index contributed by atoms with van der Waals surface area (Å²) in [5.41, 5.74) is -0.531. The molecule has 0 aliphatic heterocycles. The van der Waals surface area contributed by atoms with E-state index in [0.717, 1.165) is 0 Å². The van der Waals surface area contributed by atoms with Crippen molar-refractivity contribution in [3.8, 4) is 11.3 Å². The van der Waals surface area contributed by atoms with Crippen molar-refractivity contribution in [1.29, 1.82) is 0 Å². The highest BCUT2D eigenvalue weighted by molar-refractivity contribution is 5.59. The molecule has 0 fully saturated rings. The van der Waals surface area contributed by atoms with Crippen molar-refractivity contribution in [1.82, 2.24) is 0 Å². The molecule has 3 nitrogen and oxygen atoms in total. The smallest absolute Gasteiger partial charge is 0.236 e. The van der Waals surface area contributed by atoms with Crippen molar-refractivity contribution in [2.75, 3.05) is 0 Å². The van der Waals surface area contributed by atoms with E-state index in [1.807, 2.05) is 0 Å². The second-order valence-electron chi connectivity index (χ2n) is 2.23. The van der Waals surface area contributed by atoms with Gasteiger partial charge in [0.1, 0.15) is 5.76 Å². The number of rotatable bonds is 1. The van der Waals surface area contributed by atoms with E-state index >= 15 is 0 Å². The van der Waals surface area contributed by atoms with Gasteiger partial charge in [-0.2, -0.15) is 0 Å². The molecule has 54 valence electrons. The highest BCUT2D eigenvalue weighted by Gasteiger charge is 2.12. The average Bonchev–Trinajstić information content (AvgIpc) is 2.51. The zero-order valence-corrected chi connectivity index (χ0v) is 5.53. The molecule has 1 aromatic heterocycles. The molecule has 0 spiro atoms. The summed E-state index contributed by atoms with van der Waals surface area (Å²) < 4.78 is 4.91. The molecular weight excluding hydrogens is 144 g/mol. The van der Waals surface area contributed by atoms with Crippen LogP contribution in [-0.4, -0.2) is 0 Å². The quantitative estimate of drug-likeness (QED) is 0.554. The Labute approximate surface area is 61.6 Å². The monoisotopic (exact) mass is 148 g/mol. The van der Waals surface area contributed by atoms with Gasteiger partial charge in [0, 0.05) is 6.07 Å². The minimum absolute atomic E-state index is 0.375. The summed E-state index contributed by atoms with van der Waals surface area (Å²) in [7, 11) is 0. The van der Waals surface area contributed by atoms with Crippen LogP contribution in [0.1, 0.15) is 0 Å². The van der Waals surface area contributed by atoms with Crippen molar-refractivity contribution in [2.24, 2.45) is 0 Å². The molecule has 0 amide bonds. The van der Waals surface area contributed by atoms with Crippen molar-refractivity contribution in [3.63, 3.8) is 0 Å². The van der Waals surface area contributed by atoms with E-state index in [9.17, 15) is 9.59 Å². The molecule has 3 heteroatoms. The normalized spacial score (nSPS) is 10.5. The Kier molecular flexibility index (Phi) is 1.06. The molecule has 0 N–H and O–H groups in total. The van der Waals surface area contributed by atoms with Crippen LogP contribution in [0.15, 0.2) is 38.5 Å². The maximum absolute atomic E-state index is 10.8. The molecule has 2 rings (SSSR count). The van der Waals surface area contributed by atoms with Crippen molar-refractivity contribution >= 4 is 0 Å². The van der Waals surface area contributed by atoms with Crippen molar-refractivity contribution in [3.05, 3.63) is 44.9 Å². The van der Waals surface area contributed by atoms with Gasteiger partial charge < -0.3 is 4.42 Å². The van der Waals surface area contributed by atoms with E-state index in [0.29, 0.717) is 11.3 Å². The molecule has 1 heterocycles. The van der Waals surface area contributed by atoms with Gasteiger partial charge in [-0.1, -0.05) is 0 Å². The highest BCUT2D eigenvalue weighted by atomic mass is 16.3. The summed E-state index contributed by atoms with van der Waals surface area (Å²) in [5.74, 6) is 0.467. The Morgan fingerprint density at radius 3 is 2.55 bits per heavy atom.